The summed E-state index contributed by atoms with van der Waals surface area (Å²) in [5.41, 5.74) is 7.68. The van der Waals surface area contributed by atoms with Crippen LogP contribution in [0.4, 0.5) is 16.6 Å². The first-order chi connectivity index (χ1) is 9.51. The molecule has 2 aromatic rings. The van der Waals surface area contributed by atoms with Crippen LogP contribution in [0.3, 0.4) is 0 Å². The maximum atomic E-state index is 12.2. The summed E-state index contributed by atoms with van der Waals surface area (Å²) >= 11 is 1.30. The number of rotatable bonds is 4. The van der Waals surface area contributed by atoms with Crippen molar-refractivity contribution in [2.75, 3.05) is 29.5 Å². The molecule has 0 bridgehead atoms. The normalized spacial score (nSPS) is 10.3. The second-order valence-electron chi connectivity index (χ2n) is 4.55. The van der Waals surface area contributed by atoms with Crippen LogP contribution < -0.4 is 16.0 Å². The summed E-state index contributed by atoms with van der Waals surface area (Å²) in [6.07, 6.45) is 0. The lowest BCUT2D eigenvalue weighted by Gasteiger charge is -2.10. The lowest BCUT2D eigenvalue weighted by Crippen LogP contribution is -2.15. The van der Waals surface area contributed by atoms with Crippen molar-refractivity contribution in [3.8, 4) is 0 Å². The minimum Gasteiger partial charge on any atom is -0.382 e. The highest BCUT2D eigenvalue weighted by molar-refractivity contribution is 7.18. The Hall–Kier alpha value is -2.08. The Morgan fingerprint density at radius 1 is 1.50 bits per heavy atom. The minimum absolute atomic E-state index is 0.221. The molecule has 0 aliphatic carbocycles. The van der Waals surface area contributed by atoms with Gasteiger partial charge in [-0.3, -0.25) is 4.79 Å². The highest BCUT2D eigenvalue weighted by Crippen LogP contribution is 2.28. The van der Waals surface area contributed by atoms with E-state index in [2.05, 4.69) is 10.3 Å². The smallest absolute Gasteiger partial charge is 0.269 e. The van der Waals surface area contributed by atoms with Gasteiger partial charge in [0.1, 0.15) is 10.7 Å². The topological polar surface area (TPSA) is 71.2 Å². The molecule has 1 heterocycles. The van der Waals surface area contributed by atoms with E-state index in [0.29, 0.717) is 4.88 Å². The maximum absolute atomic E-state index is 12.2. The molecule has 0 radical (unpaired) electrons. The molecule has 20 heavy (non-hydrogen) atoms. The Balaban J connectivity index is 2.19. The molecule has 5 nitrogen and oxygen atoms in total. The molecule has 1 aromatic carbocycles. The van der Waals surface area contributed by atoms with Crippen molar-refractivity contribution in [3.63, 3.8) is 0 Å². The average molecular weight is 290 g/mol. The molecule has 1 aromatic heterocycles. The first-order valence-corrected chi connectivity index (χ1v) is 7.18. The van der Waals surface area contributed by atoms with Gasteiger partial charge in [0, 0.05) is 19.3 Å². The third-order valence-corrected chi connectivity index (χ3v) is 4.11. The number of hydrogen-bond acceptors (Lipinski definition) is 5. The fraction of sp³-hybridized carbons (Fsp3) is 0.286. The highest BCUT2D eigenvalue weighted by atomic mass is 32.1. The number of anilines is 3. The summed E-state index contributed by atoms with van der Waals surface area (Å²) in [4.78, 5) is 18.8. The first-order valence-electron chi connectivity index (χ1n) is 6.36. The number of aryl methyl sites for hydroxylation is 1. The van der Waals surface area contributed by atoms with Gasteiger partial charge >= 0.3 is 0 Å². The van der Waals surface area contributed by atoms with Gasteiger partial charge in [-0.05, 0) is 31.5 Å². The molecule has 106 valence electrons. The van der Waals surface area contributed by atoms with Gasteiger partial charge in [0.15, 0.2) is 5.13 Å². The number of thiazole rings is 1. The van der Waals surface area contributed by atoms with Crippen molar-refractivity contribution in [1.82, 2.24) is 4.98 Å². The zero-order valence-corrected chi connectivity index (χ0v) is 12.6. The molecule has 0 saturated carbocycles. The number of nitrogens with zero attached hydrogens (tertiary/aromatic N) is 2. The summed E-state index contributed by atoms with van der Waals surface area (Å²) in [5, 5.41) is 3.59. The summed E-state index contributed by atoms with van der Waals surface area (Å²) < 4.78 is 0. The number of carbonyl (C=O) groups is 1. The van der Waals surface area contributed by atoms with E-state index in [1.165, 1.54) is 11.3 Å². The van der Waals surface area contributed by atoms with Crippen LogP contribution in [0.5, 0.6) is 0 Å². The molecule has 3 N–H and O–H groups in total. The van der Waals surface area contributed by atoms with Crippen molar-refractivity contribution < 1.29 is 4.79 Å². The Morgan fingerprint density at radius 2 is 2.25 bits per heavy atom. The SMILES string of the molecule is CCN(C)c1nc(N)c(C(=O)Nc2cccc(C)c2)s1. The highest BCUT2D eigenvalue weighted by Gasteiger charge is 2.17. The fourth-order valence-electron chi connectivity index (χ4n) is 1.69. The zero-order chi connectivity index (χ0) is 14.7. The summed E-state index contributed by atoms with van der Waals surface area (Å²) in [6.45, 7) is 4.81. The predicted molar refractivity (Wildman–Crippen MR) is 84.6 cm³/mol. The van der Waals surface area contributed by atoms with E-state index in [1.807, 2.05) is 50.1 Å². The minimum atomic E-state index is -0.221. The van der Waals surface area contributed by atoms with E-state index in [-0.39, 0.29) is 11.7 Å². The quantitative estimate of drug-likeness (QED) is 0.908. The van der Waals surface area contributed by atoms with E-state index in [0.717, 1.165) is 22.9 Å². The average Bonchev–Trinajstić information content (AvgIpc) is 2.80. The largest absolute Gasteiger partial charge is 0.382 e. The van der Waals surface area contributed by atoms with Crippen LogP contribution in [0.15, 0.2) is 24.3 Å². The van der Waals surface area contributed by atoms with Crippen molar-refractivity contribution in [1.29, 1.82) is 0 Å². The van der Waals surface area contributed by atoms with Gasteiger partial charge in [-0.25, -0.2) is 4.98 Å². The number of aromatic nitrogens is 1. The molecule has 0 unspecified atom stereocenters. The Morgan fingerprint density at radius 3 is 2.90 bits per heavy atom. The second-order valence-corrected chi connectivity index (χ2v) is 5.53. The van der Waals surface area contributed by atoms with Crippen LogP contribution >= 0.6 is 11.3 Å². The molecular weight excluding hydrogens is 272 g/mol. The Labute approximate surface area is 122 Å². The van der Waals surface area contributed by atoms with Gasteiger partial charge in [0.25, 0.3) is 5.91 Å². The number of nitrogen functional groups attached to an aromatic ring is 1. The predicted octanol–water partition coefficient (Wildman–Crippen LogP) is 2.74. The van der Waals surface area contributed by atoms with Crippen LogP contribution in [-0.4, -0.2) is 24.5 Å². The standard InChI is InChI=1S/C14H18N4OS/c1-4-18(3)14-17-12(15)11(20-14)13(19)16-10-7-5-6-9(2)8-10/h5-8H,4,15H2,1-3H3,(H,16,19). The third kappa shape index (κ3) is 3.08. The van der Waals surface area contributed by atoms with Crippen molar-refractivity contribution in [2.24, 2.45) is 0 Å². The van der Waals surface area contributed by atoms with Gasteiger partial charge in [-0.1, -0.05) is 23.5 Å². The van der Waals surface area contributed by atoms with Crippen LogP contribution in [-0.2, 0) is 0 Å². The Bertz CT molecular complexity index is 623. The van der Waals surface area contributed by atoms with E-state index >= 15 is 0 Å². The molecule has 0 spiro atoms. The molecule has 1 amide bonds. The molecule has 0 aliphatic rings. The van der Waals surface area contributed by atoms with E-state index in [9.17, 15) is 4.79 Å². The molecule has 6 heteroatoms. The summed E-state index contributed by atoms with van der Waals surface area (Å²) in [5.74, 6) is 0.0526. The molecule has 0 aliphatic heterocycles. The molecule has 0 saturated heterocycles. The maximum Gasteiger partial charge on any atom is 0.269 e. The van der Waals surface area contributed by atoms with Gasteiger partial charge in [0.05, 0.1) is 0 Å². The lowest BCUT2D eigenvalue weighted by atomic mass is 10.2. The van der Waals surface area contributed by atoms with Gasteiger partial charge < -0.3 is 16.0 Å². The molecule has 0 fully saturated rings. The summed E-state index contributed by atoms with van der Waals surface area (Å²) in [6, 6.07) is 7.64. The lowest BCUT2D eigenvalue weighted by molar-refractivity contribution is 0.103. The van der Waals surface area contributed by atoms with E-state index < -0.39 is 0 Å². The van der Waals surface area contributed by atoms with E-state index in [1.54, 1.807) is 0 Å². The summed E-state index contributed by atoms with van der Waals surface area (Å²) in [7, 11) is 1.92. The van der Waals surface area contributed by atoms with Crippen LogP contribution in [0, 0.1) is 6.92 Å². The van der Waals surface area contributed by atoms with Gasteiger partial charge in [-0.15, -0.1) is 0 Å². The van der Waals surface area contributed by atoms with Crippen molar-refractivity contribution >= 4 is 33.9 Å². The number of nitrogens with two attached hydrogens (primary N) is 1. The number of amides is 1. The van der Waals surface area contributed by atoms with Crippen molar-refractivity contribution in [3.05, 3.63) is 34.7 Å². The number of hydrogen-bond donors (Lipinski definition) is 2. The number of carbonyl (C=O) groups excluding carboxylic acids is 1. The van der Waals surface area contributed by atoms with Gasteiger partial charge in [-0.2, -0.15) is 0 Å². The molecule has 2 rings (SSSR count). The van der Waals surface area contributed by atoms with Crippen LogP contribution in [0.25, 0.3) is 0 Å². The van der Waals surface area contributed by atoms with E-state index in [4.69, 9.17) is 5.73 Å². The monoisotopic (exact) mass is 290 g/mol. The third-order valence-electron chi connectivity index (χ3n) is 2.93. The number of nitrogens with one attached hydrogen (secondary N) is 1. The molecule has 0 atom stereocenters. The van der Waals surface area contributed by atoms with Crippen LogP contribution in [0.1, 0.15) is 22.2 Å². The zero-order valence-electron chi connectivity index (χ0n) is 11.8. The fourth-order valence-corrected chi connectivity index (χ4v) is 2.60. The van der Waals surface area contributed by atoms with Gasteiger partial charge in [0.2, 0.25) is 0 Å². The first kappa shape index (κ1) is 14.3. The van der Waals surface area contributed by atoms with Crippen LogP contribution in [0.2, 0.25) is 0 Å². The van der Waals surface area contributed by atoms with Crippen molar-refractivity contribution in [2.45, 2.75) is 13.8 Å². The number of benzene rings is 1. The Kier molecular flexibility index (Phi) is 4.24. The second kappa shape index (κ2) is 5.92. The molecular formula is C14H18N4OS.